The molecule has 2 aliphatic rings. The van der Waals surface area contributed by atoms with Gasteiger partial charge >= 0.3 is 0 Å². The Labute approximate surface area is 129 Å². The van der Waals surface area contributed by atoms with E-state index in [9.17, 15) is 0 Å². The number of benzene rings is 1. The molecule has 2 nitrogen and oxygen atoms in total. The fraction of sp³-hybridized carbons (Fsp3) is 0.684. The summed E-state index contributed by atoms with van der Waals surface area (Å²) in [5.74, 6) is 3.56. The highest BCUT2D eigenvalue weighted by Gasteiger charge is 2.32. The van der Waals surface area contributed by atoms with Crippen molar-refractivity contribution in [3.63, 3.8) is 0 Å². The number of hydrogen-bond donors (Lipinski definition) is 1. The lowest BCUT2D eigenvalue weighted by Crippen LogP contribution is -2.43. The minimum Gasteiger partial charge on any atom is -0.496 e. The normalized spacial score (nSPS) is 32.5. The standard InChI is InChI=1S/C19H29NO/c1-14-7-3-4-8-15(14)13-20-17-11-16(12-17)18-9-5-6-10-19(18)21-2/h5-6,9-10,14-17,20H,3-4,7-8,11-13H2,1-2H3. The number of para-hydroxylation sites is 1. The van der Waals surface area contributed by atoms with Gasteiger partial charge in [-0.15, -0.1) is 0 Å². The van der Waals surface area contributed by atoms with E-state index in [2.05, 4.69) is 36.5 Å². The number of rotatable bonds is 5. The summed E-state index contributed by atoms with van der Waals surface area (Å²) in [6.45, 7) is 3.66. The first-order chi connectivity index (χ1) is 10.3. The first-order valence-electron chi connectivity index (χ1n) is 8.64. The highest BCUT2D eigenvalue weighted by atomic mass is 16.5. The molecule has 3 rings (SSSR count). The molecule has 2 heteroatoms. The van der Waals surface area contributed by atoms with Crippen LogP contribution in [0.4, 0.5) is 0 Å². The molecule has 2 unspecified atom stereocenters. The highest BCUT2D eigenvalue weighted by molar-refractivity contribution is 5.37. The van der Waals surface area contributed by atoms with Crippen molar-refractivity contribution in [3.05, 3.63) is 29.8 Å². The lowest BCUT2D eigenvalue weighted by atomic mass is 9.74. The minimum atomic E-state index is 0.683. The first kappa shape index (κ1) is 14.9. The molecule has 2 fully saturated rings. The van der Waals surface area contributed by atoms with Crippen molar-refractivity contribution in [2.75, 3.05) is 13.7 Å². The summed E-state index contributed by atoms with van der Waals surface area (Å²) in [7, 11) is 1.78. The third-order valence-corrected chi connectivity index (χ3v) is 5.67. The van der Waals surface area contributed by atoms with E-state index in [0.717, 1.165) is 17.6 Å². The van der Waals surface area contributed by atoms with Gasteiger partial charge in [0, 0.05) is 6.04 Å². The second-order valence-electron chi connectivity index (χ2n) is 7.04. The Morgan fingerprint density at radius 1 is 1.14 bits per heavy atom. The Morgan fingerprint density at radius 3 is 2.67 bits per heavy atom. The van der Waals surface area contributed by atoms with Gasteiger partial charge in [0.15, 0.2) is 0 Å². The molecule has 1 aromatic rings. The molecule has 0 saturated heterocycles. The molecule has 1 aromatic carbocycles. The van der Waals surface area contributed by atoms with Crippen LogP contribution in [0.25, 0.3) is 0 Å². The van der Waals surface area contributed by atoms with E-state index in [0.29, 0.717) is 12.0 Å². The SMILES string of the molecule is COc1ccccc1C1CC(NCC2CCCCC2C)C1. The highest BCUT2D eigenvalue weighted by Crippen LogP contribution is 2.41. The van der Waals surface area contributed by atoms with E-state index in [1.807, 2.05) is 0 Å². The van der Waals surface area contributed by atoms with Crippen LogP contribution in [0.1, 0.15) is 56.9 Å². The van der Waals surface area contributed by atoms with E-state index in [4.69, 9.17) is 4.74 Å². The van der Waals surface area contributed by atoms with Gasteiger partial charge in [0.1, 0.15) is 5.75 Å². The quantitative estimate of drug-likeness (QED) is 0.869. The van der Waals surface area contributed by atoms with Crippen LogP contribution in [0.15, 0.2) is 24.3 Å². The number of methoxy groups -OCH3 is 1. The lowest BCUT2D eigenvalue weighted by molar-refractivity contribution is 0.212. The second kappa shape index (κ2) is 6.83. The van der Waals surface area contributed by atoms with Gasteiger partial charge in [-0.1, -0.05) is 44.4 Å². The summed E-state index contributed by atoms with van der Waals surface area (Å²) < 4.78 is 5.49. The van der Waals surface area contributed by atoms with Crippen LogP contribution in [-0.4, -0.2) is 19.7 Å². The molecule has 2 atom stereocenters. The molecule has 0 heterocycles. The van der Waals surface area contributed by atoms with E-state index < -0.39 is 0 Å². The van der Waals surface area contributed by atoms with E-state index >= 15 is 0 Å². The fourth-order valence-corrected chi connectivity index (χ4v) is 4.06. The van der Waals surface area contributed by atoms with Gasteiger partial charge < -0.3 is 10.1 Å². The Morgan fingerprint density at radius 2 is 1.90 bits per heavy atom. The molecule has 0 bridgehead atoms. The predicted molar refractivity (Wildman–Crippen MR) is 87.9 cm³/mol. The third-order valence-electron chi connectivity index (χ3n) is 5.67. The van der Waals surface area contributed by atoms with Crippen LogP contribution in [0, 0.1) is 11.8 Å². The Hall–Kier alpha value is -1.02. The average molecular weight is 287 g/mol. The summed E-state index contributed by atoms with van der Waals surface area (Å²) in [4.78, 5) is 0. The molecule has 21 heavy (non-hydrogen) atoms. The smallest absolute Gasteiger partial charge is 0.122 e. The van der Waals surface area contributed by atoms with Gasteiger partial charge in [0.05, 0.1) is 7.11 Å². The molecule has 0 aromatic heterocycles. The maximum Gasteiger partial charge on any atom is 0.122 e. The van der Waals surface area contributed by atoms with Gasteiger partial charge in [0.25, 0.3) is 0 Å². The zero-order valence-electron chi connectivity index (χ0n) is 13.5. The topological polar surface area (TPSA) is 21.3 Å². The predicted octanol–water partition coefficient (Wildman–Crippen LogP) is 4.36. The van der Waals surface area contributed by atoms with Crippen molar-refractivity contribution in [1.82, 2.24) is 5.32 Å². The van der Waals surface area contributed by atoms with Crippen LogP contribution in [-0.2, 0) is 0 Å². The molecular weight excluding hydrogens is 258 g/mol. The zero-order chi connectivity index (χ0) is 14.7. The number of nitrogens with one attached hydrogen (secondary N) is 1. The Bertz CT molecular complexity index is 453. The molecule has 0 aliphatic heterocycles. The largest absolute Gasteiger partial charge is 0.496 e. The van der Waals surface area contributed by atoms with Crippen LogP contribution in [0.5, 0.6) is 5.75 Å². The molecular formula is C19H29NO. The van der Waals surface area contributed by atoms with E-state index in [-0.39, 0.29) is 0 Å². The van der Waals surface area contributed by atoms with Gasteiger partial charge in [-0.2, -0.15) is 0 Å². The van der Waals surface area contributed by atoms with Crippen molar-refractivity contribution < 1.29 is 4.74 Å². The monoisotopic (exact) mass is 287 g/mol. The number of ether oxygens (including phenoxy) is 1. The van der Waals surface area contributed by atoms with E-state index in [1.165, 1.54) is 50.6 Å². The van der Waals surface area contributed by atoms with E-state index in [1.54, 1.807) is 7.11 Å². The molecule has 0 spiro atoms. The maximum absolute atomic E-state index is 5.49. The van der Waals surface area contributed by atoms with Gasteiger partial charge in [-0.25, -0.2) is 0 Å². The summed E-state index contributed by atoms with van der Waals surface area (Å²) in [6, 6.07) is 9.21. The molecule has 0 radical (unpaired) electrons. The van der Waals surface area contributed by atoms with Crippen molar-refractivity contribution >= 4 is 0 Å². The first-order valence-corrected chi connectivity index (χ1v) is 8.64. The fourth-order valence-electron chi connectivity index (χ4n) is 4.06. The zero-order valence-corrected chi connectivity index (χ0v) is 13.5. The van der Waals surface area contributed by atoms with Crippen molar-refractivity contribution in [2.45, 2.75) is 57.4 Å². The average Bonchev–Trinajstić information content (AvgIpc) is 2.48. The maximum atomic E-state index is 5.49. The van der Waals surface area contributed by atoms with Crippen LogP contribution >= 0.6 is 0 Å². The van der Waals surface area contributed by atoms with Crippen molar-refractivity contribution in [1.29, 1.82) is 0 Å². The van der Waals surface area contributed by atoms with Gasteiger partial charge in [0.2, 0.25) is 0 Å². The summed E-state index contributed by atoms with van der Waals surface area (Å²) >= 11 is 0. The molecule has 0 amide bonds. The van der Waals surface area contributed by atoms with Crippen LogP contribution < -0.4 is 10.1 Å². The second-order valence-corrected chi connectivity index (χ2v) is 7.04. The summed E-state index contributed by atoms with van der Waals surface area (Å²) in [5.41, 5.74) is 1.39. The molecule has 1 N–H and O–H groups in total. The third kappa shape index (κ3) is 3.42. The summed E-state index contributed by atoms with van der Waals surface area (Å²) in [6.07, 6.45) is 8.27. The molecule has 116 valence electrons. The van der Waals surface area contributed by atoms with Crippen molar-refractivity contribution in [2.24, 2.45) is 11.8 Å². The van der Waals surface area contributed by atoms with Gasteiger partial charge in [-0.3, -0.25) is 0 Å². The van der Waals surface area contributed by atoms with Gasteiger partial charge in [-0.05, 0) is 55.2 Å². The van der Waals surface area contributed by atoms with Crippen LogP contribution in [0.3, 0.4) is 0 Å². The Balaban J connectivity index is 1.45. The molecule has 2 aliphatic carbocycles. The van der Waals surface area contributed by atoms with Crippen LogP contribution in [0.2, 0.25) is 0 Å². The minimum absolute atomic E-state index is 0.683. The number of hydrogen-bond acceptors (Lipinski definition) is 2. The summed E-state index contributed by atoms with van der Waals surface area (Å²) in [5, 5.41) is 3.82. The van der Waals surface area contributed by atoms with Crippen molar-refractivity contribution in [3.8, 4) is 5.75 Å². The molecule has 2 saturated carbocycles. The Kier molecular flexibility index (Phi) is 4.84. The lowest BCUT2D eigenvalue weighted by Gasteiger charge is -2.39.